The van der Waals surface area contributed by atoms with Crippen molar-refractivity contribution in [2.75, 3.05) is 11.5 Å². The van der Waals surface area contributed by atoms with E-state index in [-0.39, 0.29) is 5.69 Å². The van der Waals surface area contributed by atoms with Crippen molar-refractivity contribution in [2.45, 2.75) is 25.5 Å². The molecule has 1 heterocycles. The molecular weight excluding hydrogens is 218 g/mol. The largest absolute Gasteiger partial charge is 0.343 e. The molecule has 0 aliphatic carbocycles. The second-order valence-electron chi connectivity index (χ2n) is 3.15. The van der Waals surface area contributed by atoms with Crippen molar-refractivity contribution in [1.82, 2.24) is 14.8 Å². The van der Waals surface area contributed by atoms with E-state index < -0.39 is 0 Å². The number of thioether (sulfide) groups is 1. The molecule has 0 amide bonds. The number of H-pyrrole nitrogens is 1. The van der Waals surface area contributed by atoms with Crippen LogP contribution in [0.3, 0.4) is 0 Å². The molecule has 1 unspecified atom stereocenters. The van der Waals surface area contributed by atoms with Gasteiger partial charge in [0.2, 0.25) is 0 Å². The van der Waals surface area contributed by atoms with E-state index in [2.05, 4.69) is 29.7 Å². The average Bonchev–Trinajstić information content (AvgIpc) is 2.55. The minimum absolute atomic E-state index is 0.131. The molecule has 1 aromatic heterocycles. The zero-order valence-electron chi connectivity index (χ0n) is 8.36. The van der Waals surface area contributed by atoms with Crippen LogP contribution >= 0.6 is 24.4 Å². The maximum Gasteiger partial charge on any atom is 0.343 e. The monoisotopic (exact) mass is 233 g/mol. The van der Waals surface area contributed by atoms with E-state index in [4.69, 9.17) is 0 Å². The summed E-state index contributed by atoms with van der Waals surface area (Å²) < 4.78 is 1.63. The molecule has 0 aromatic carbocycles. The highest BCUT2D eigenvalue weighted by Gasteiger charge is 2.08. The fraction of sp³-hybridized carbons (Fsp3) is 0.750. The van der Waals surface area contributed by atoms with E-state index in [9.17, 15) is 4.79 Å². The van der Waals surface area contributed by atoms with Gasteiger partial charge in [-0.2, -0.15) is 12.6 Å². The standard InChI is InChI=1S/C8H15N3OS2/c1-3-11-7(12)9-10-8(11)14-5-6(2)4-13/h6,13H,3-5H2,1-2H3,(H,9,12). The lowest BCUT2D eigenvalue weighted by atomic mass is 10.3. The summed E-state index contributed by atoms with van der Waals surface area (Å²) in [5.41, 5.74) is -0.131. The van der Waals surface area contributed by atoms with Crippen LogP contribution in [0.1, 0.15) is 13.8 Å². The number of aromatic nitrogens is 3. The van der Waals surface area contributed by atoms with Gasteiger partial charge in [-0.25, -0.2) is 9.89 Å². The van der Waals surface area contributed by atoms with Gasteiger partial charge in [0, 0.05) is 12.3 Å². The molecule has 80 valence electrons. The zero-order valence-corrected chi connectivity index (χ0v) is 10.1. The summed E-state index contributed by atoms with van der Waals surface area (Å²) in [6, 6.07) is 0. The normalized spacial score (nSPS) is 13.1. The predicted molar refractivity (Wildman–Crippen MR) is 62.3 cm³/mol. The van der Waals surface area contributed by atoms with Crippen molar-refractivity contribution in [1.29, 1.82) is 0 Å². The van der Waals surface area contributed by atoms with Crippen LogP contribution in [0.15, 0.2) is 9.95 Å². The molecule has 1 N–H and O–H groups in total. The van der Waals surface area contributed by atoms with E-state index in [0.29, 0.717) is 12.5 Å². The maximum absolute atomic E-state index is 11.2. The summed E-state index contributed by atoms with van der Waals surface area (Å²) in [7, 11) is 0. The van der Waals surface area contributed by atoms with Crippen LogP contribution in [-0.2, 0) is 6.54 Å². The Morgan fingerprint density at radius 3 is 3.00 bits per heavy atom. The van der Waals surface area contributed by atoms with Crippen molar-refractivity contribution in [3.8, 4) is 0 Å². The van der Waals surface area contributed by atoms with E-state index in [0.717, 1.165) is 16.7 Å². The van der Waals surface area contributed by atoms with Crippen LogP contribution in [0.25, 0.3) is 0 Å². The predicted octanol–water partition coefficient (Wildman–Crippen LogP) is 1.25. The minimum Gasteiger partial charge on any atom is -0.270 e. The number of nitrogens with one attached hydrogen (secondary N) is 1. The van der Waals surface area contributed by atoms with Crippen LogP contribution in [0.5, 0.6) is 0 Å². The van der Waals surface area contributed by atoms with Gasteiger partial charge < -0.3 is 0 Å². The van der Waals surface area contributed by atoms with E-state index in [1.165, 1.54) is 0 Å². The molecular formula is C8H15N3OS2. The summed E-state index contributed by atoms with van der Waals surface area (Å²) >= 11 is 5.80. The van der Waals surface area contributed by atoms with Crippen LogP contribution < -0.4 is 5.69 Å². The van der Waals surface area contributed by atoms with Gasteiger partial charge in [0.1, 0.15) is 0 Å². The molecule has 0 spiro atoms. The summed E-state index contributed by atoms with van der Waals surface area (Å²) in [4.78, 5) is 11.2. The lowest BCUT2D eigenvalue weighted by Gasteiger charge is -2.06. The second kappa shape index (κ2) is 5.50. The molecule has 0 radical (unpaired) electrons. The topological polar surface area (TPSA) is 50.7 Å². The first kappa shape index (κ1) is 11.7. The third-order valence-corrected chi connectivity index (χ3v) is 3.78. The van der Waals surface area contributed by atoms with Crippen LogP contribution in [0, 0.1) is 5.92 Å². The van der Waals surface area contributed by atoms with Gasteiger partial charge in [0.25, 0.3) is 0 Å². The van der Waals surface area contributed by atoms with Gasteiger partial charge in [-0.05, 0) is 18.6 Å². The molecule has 0 aliphatic rings. The number of hydrogen-bond acceptors (Lipinski definition) is 4. The Hall–Kier alpha value is -0.360. The Kier molecular flexibility index (Phi) is 4.60. The molecule has 0 saturated heterocycles. The molecule has 0 saturated carbocycles. The summed E-state index contributed by atoms with van der Waals surface area (Å²) in [6.45, 7) is 4.72. The number of hydrogen-bond donors (Lipinski definition) is 2. The van der Waals surface area contributed by atoms with Gasteiger partial charge >= 0.3 is 5.69 Å². The highest BCUT2D eigenvalue weighted by Crippen LogP contribution is 2.17. The van der Waals surface area contributed by atoms with Crippen molar-refractivity contribution in [2.24, 2.45) is 5.92 Å². The first-order chi connectivity index (χ1) is 6.69. The lowest BCUT2D eigenvalue weighted by Crippen LogP contribution is -2.16. The number of nitrogens with zero attached hydrogens (tertiary/aromatic N) is 2. The Labute approximate surface area is 92.9 Å². The van der Waals surface area contributed by atoms with Crippen LogP contribution in [0.2, 0.25) is 0 Å². The van der Waals surface area contributed by atoms with E-state index in [1.807, 2.05) is 6.92 Å². The molecule has 4 nitrogen and oxygen atoms in total. The average molecular weight is 233 g/mol. The van der Waals surface area contributed by atoms with Gasteiger partial charge in [0.05, 0.1) is 0 Å². The van der Waals surface area contributed by atoms with Crippen molar-refractivity contribution < 1.29 is 0 Å². The van der Waals surface area contributed by atoms with Gasteiger partial charge in [-0.1, -0.05) is 18.7 Å². The summed E-state index contributed by atoms with van der Waals surface area (Å²) in [6.07, 6.45) is 0. The highest BCUT2D eigenvalue weighted by molar-refractivity contribution is 7.99. The number of aromatic amines is 1. The van der Waals surface area contributed by atoms with Gasteiger partial charge in [0.15, 0.2) is 5.16 Å². The Balaban J connectivity index is 2.62. The second-order valence-corrected chi connectivity index (χ2v) is 4.51. The van der Waals surface area contributed by atoms with E-state index in [1.54, 1.807) is 16.3 Å². The van der Waals surface area contributed by atoms with Crippen molar-refractivity contribution in [3.63, 3.8) is 0 Å². The molecule has 0 bridgehead atoms. The van der Waals surface area contributed by atoms with Crippen LogP contribution in [0.4, 0.5) is 0 Å². The number of thiol groups is 1. The molecule has 6 heteroatoms. The molecule has 14 heavy (non-hydrogen) atoms. The van der Waals surface area contributed by atoms with E-state index >= 15 is 0 Å². The first-order valence-corrected chi connectivity index (χ1v) is 6.19. The molecule has 1 rings (SSSR count). The Morgan fingerprint density at radius 2 is 2.43 bits per heavy atom. The van der Waals surface area contributed by atoms with Gasteiger partial charge in [-0.15, -0.1) is 5.10 Å². The zero-order chi connectivity index (χ0) is 10.6. The lowest BCUT2D eigenvalue weighted by molar-refractivity contribution is 0.658. The molecule has 0 aliphatic heterocycles. The van der Waals surface area contributed by atoms with Crippen LogP contribution in [-0.4, -0.2) is 26.3 Å². The quantitative estimate of drug-likeness (QED) is 0.594. The Morgan fingerprint density at radius 1 is 1.71 bits per heavy atom. The smallest absolute Gasteiger partial charge is 0.270 e. The first-order valence-electron chi connectivity index (χ1n) is 4.57. The van der Waals surface area contributed by atoms with Gasteiger partial charge in [-0.3, -0.25) is 4.57 Å². The Bertz CT molecular complexity index is 334. The molecule has 1 aromatic rings. The molecule has 0 fully saturated rings. The van der Waals surface area contributed by atoms with Crippen molar-refractivity contribution in [3.05, 3.63) is 10.5 Å². The summed E-state index contributed by atoms with van der Waals surface area (Å²) in [5, 5.41) is 7.17. The van der Waals surface area contributed by atoms with Crippen molar-refractivity contribution >= 4 is 24.4 Å². The fourth-order valence-corrected chi connectivity index (χ4v) is 2.30. The maximum atomic E-state index is 11.2. The minimum atomic E-state index is -0.131. The SMILES string of the molecule is CCn1c(SCC(C)CS)n[nH]c1=O. The fourth-order valence-electron chi connectivity index (χ4n) is 0.962. The third-order valence-electron chi connectivity index (χ3n) is 1.85. The molecule has 1 atom stereocenters. The highest BCUT2D eigenvalue weighted by atomic mass is 32.2. The third kappa shape index (κ3) is 2.81. The number of rotatable bonds is 5. The summed E-state index contributed by atoms with van der Waals surface area (Å²) in [5.74, 6) is 2.32.